The van der Waals surface area contributed by atoms with E-state index in [4.69, 9.17) is 0 Å². The highest BCUT2D eigenvalue weighted by atomic mass is 16.3. The number of hydrogen-bond acceptors (Lipinski definition) is 2. The summed E-state index contributed by atoms with van der Waals surface area (Å²) in [7, 11) is 0. The fraction of sp³-hybridized carbons (Fsp3) is 0.478. The van der Waals surface area contributed by atoms with Crippen LogP contribution in [0.4, 0.5) is 0 Å². The monoisotopic (exact) mass is 340 g/mol. The van der Waals surface area contributed by atoms with Crippen molar-refractivity contribution < 1.29 is 10.2 Å². The average Bonchev–Trinajstić information content (AvgIpc) is 2.62. The van der Waals surface area contributed by atoms with Crippen LogP contribution in [0.3, 0.4) is 0 Å². The second kappa shape index (κ2) is 9.50. The summed E-state index contributed by atoms with van der Waals surface area (Å²) in [5.41, 5.74) is 4.59. The molecule has 0 spiro atoms. The van der Waals surface area contributed by atoms with Crippen molar-refractivity contribution in [2.45, 2.75) is 71.6 Å². The highest BCUT2D eigenvalue weighted by molar-refractivity contribution is 5.44. The van der Waals surface area contributed by atoms with Crippen LogP contribution >= 0.6 is 0 Å². The topological polar surface area (TPSA) is 40.5 Å². The summed E-state index contributed by atoms with van der Waals surface area (Å²) in [5.74, 6) is 1.10. The molecule has 0 radical (unpaired) electrons. The Kier molecular flexibility index (Phi) is 7.36. The molecule has 2 N–H and O–H groups in total. The normalized spacial score (nSPS) is 11.2. The predicted molar refractivity (Wildman–Crippen MR) is 106 cm³/mol. The van der Waals surface area contributed by atoms with Crippen molar-refractivity contribution in [1.29, 1.82) is 0 Å². The van der Waals surface area contributed by atoms with Crippen LogP contribution in [-0.4, -0.2) is 10.2 Å². The third-order valence-corrected chi connectivity index (χ3v) is 5.02. The lowest BCUT2D eigenvalue weighted by molar-refractivity contribution is 0.466. The molecule has 0 fully saturated rings. The molecular formula is C23H32O2. The van der Waals surface area contributed by atoms with Crippen molar-refractivity contribution in [1.82, 2.24) is 0 Å². The molecule has 0 saturated carbocycles. The first-order valence-electron chi connectivity index (χ1n) is 9.74. The Morgan fingerprint density at radius 2 is 1.16 bits per heavy atom. The molecule has 0 saturated heterocycles. The molecule has 2 aromatic carbocycles. The smallest absolute Gasteiger partial charge is 0.118 e. The summed E-state index contributed by atoms with van der Waals surface area (Å²) in [4.78, 5) is 0. The molecule has 2 heteroatoms. The summed E-state index contributed by atoms with van der Waals surface area (Å²) < 4.78 is 0. The Hall–Kier alpha value is -1.96. The third kappa shape index (κ3) is 5.01. The van der Waals surface area contributed by atoms with Crippen LogP contribution in [-0.2, 0) is 12.8 Å². The fourth-order valence-electron chi connectivity index (χ4n) is 3.44. The molecule has 0 amide bonds. The zero-order chi connectivity index (χ0) is 18.2. The van der Waals surface area contributed by atoms with Crippen LogP contribution < -0.4 is 0 Å². The Morgan fingerprint density at radius 1 is 0.720 bits per heavy atom. The average molecular weight is 341 g/mol. The van der Waals surface area contributed by atoms with Gasteiger partial charge in [-0.1, -0.05) is 57.9 Å². The Labute approximate surface area is 152 Å². The largest absolute Gasteiger partial charge is 0.508 e. The number of phenolic OH excluding ortho intramolecular Hbond substituents is 2. The molecule has 0 aliphatic heterocycles. The maximum absolute atomic E-state index is 10.1. The highest BCUT2D eigenvalue weighted by Gasteiger charge is 2.16. The van der Waals surface area contributed by atoms with Crippen LogP contribution in [0.25, 0.3) is 0 Å². The van der Waals surface area contributed by atoms with E-state index in [2.05, 4.69) is 32.9 Å². The van der Waals surface area contributed by atoms with Gasteiger partial charge in [0.2, 0.25) is 0 Å². The lowest BCUT2D eigenvalue weighted by Crippen LogP contribution is -2.02. The minimum absolute atomic E-state index is 0.293. The van der Waals surface area contributed by atoms with E-state index in [1.807, 2.05) is 24.3 Å². The van der Waals surface area contributed by atoms with Crippen molar-refractivity contribution in [3.63, 3.8) is 0 Å². The van der Waals surface area contributed by atoms with Crippen LogP contribution in [0.1, 0.15) is 81.0 Å². The second-order valence-electron chi connectivity index (χ2n) is 6.94. The van der Waals surface area contributed by atoms with E-state index in [1.165, 1.54) is 11.1 Å². The molecule has 0 aromatic heterocycles. The van der Waals surface area contributed by atoms with E-state index in [1.54, 1.807) is 0 Å². The first-order chi connectivity index (χ1) is 12.1. The summed E-state index contributed by atoms with van der Waals surface area (Å²) in [5, 5.41) is 20.3. The third-order valence-electron chi connectivity index (χ3n) is 5.02. The Balaban J connectivity index is 2.33. The maximum Gasteiger partial charge on any atom is 0.118 e. The van der Waals surface area contributed by atoms with Crippen LogP contribution in [0.5, 0.6) is 11.5 Å². The number of unbranched alkanes of at least 4 members (excludes halogenated alkanes) is 2. The SMILES string of the molecule is CCCCc1cc(C(CC)c2ccc(O)c(CCCC)c2)ccc1O. The standard InChI is InChI=1S/C23H32O2/c1-4-7-9-19-15-17(11-13-22(19)24)21(6-3)18-12-14-23(25)20(16-18)10-8-5-2/h11-16,21,24-25H,4-10H2,1-3H3. The summed E-state index contributed by atoms with van der Waals surface area (Å²) in [6.07, 6.45) is 7.27. The molecule has 0 bridgehead atoms. The first-order valence-corrected chi connectivity index (χ1v) is 9.74. The molecule has 136 valence electrons. The van der Waals surface area contributed by atoms with Crippen molar-refractivity contribution in [2.24, 2.45) is 0 Å². The van der Waals surface area contributed by atoms with E-state index in [-0.39, 0.29) is 0 Å². The van der Waals surface area contributed by atoms with Crippen LogP contribution in [0, 0.1) is 0 Å². The van der Waals surface area contributed by atoms with Gasteiger partial charge in [0.25, 0.3) is 0 Å². The van der Waals surface area contributed by atoms with Crippen LogP contribution in [0.2, 0.25) is 0 Å². The summed E-state index contributed by atoms with van der Waals surface area (Å²) >= 11 is 0. The minimum Gasteiger partial charge on any atom is -0.508 e. The van der Waals surface area contributed by atoms with E-state index in [0.29, 0.717) is 17.4 Å². The van der Waals surface area contributed by atoms with Crippen molar-refractivity contribution in [2.75, 3.05) is 0 Å². The molecule has 2 nitrogen and oxygen atoms in total. The molecule has 2 aromatic rings. The Morgan fingerprint density at radius 3 is 1.52 bits per heavy atom. The Bertz CT molecular complexity index is 618. The zero-order valence-electron chi connectivity index (χ0n) is 15.9. The first kappa shape index (κ1) is 19.4. The van der Waals surface area contributed by atoms with Crippen molar-refractivity contribution >= 4 is 0 Å². The van der Waals surface area contributed by atoms with Gasteiger partial charge in [0.15, 0.2) is 0 Å². The number of aryl methyl sites for hydroxylation is 2. The molecule has 0 heterocycles. The highest BCUT2D eigenvalue weighted by Crippen LogP contribution is 2.34. The van der Waals surface area contributed by atoms with Gasteiger partial charge >= 0.3 is 0 Å². The van der Waals surface area contributed by atoms with Gasteiger partial charge in [-0.15, -0.1) is 0 Å². The fourth-order valence-corrected chi connectivity index (χ4v) is 3.44. The van der Waals surface area contributed by atoms with Gasteiger partial charge in [-0.25, -0.2) is 0 Å². The molecule has 0 aliphatic carbocycles. The van der Waals surface area contributed by atoms with Gasteiger partial charge in [-0.3, -0.25) is 0 Å². The van der Waals surface area contributed by atoms with E-state index < -0.39 is 0 Å². The van der Waals surface area contributed by atoms with E-state index in [0.717, 1.165) is 56.1 Å². The lowest BCUT2D eigenvalue weighted by Gasteiger charge is -2.19. The van der Waals surface area contributed by atoms with Crippen LogP contribution in [0.15, 0.2) is 36.4 Å². The molecule has 0 aliphatic rings. The number of rotatable bonds is 9. The van der Waals surface area contributed by atoms with Gasteiger partial charge in [-0.05, 0) is 66.5 Å². The van der Waals surface area contributed by atoms with Gasteiger partial charge in [0.1, 0.15) is 11.5 Å². The number of benzene rings is 2. The molecule has 0 unspecified atom stereocenters. The van der Waals surface area contributed by atoms with Crippen molar-refractivity contribution in [3.8, 4) is 11.5 Å². The van der Waals surface area contributed by atoms with E-state index in [9.17, 15) is 10.2 Å². The molecular weight excluding hydrogens is 308 g/mol. The number of aromatic hydroxyl groups is 2. The molecule has 0 atom stereocenters. The van der Waals surface area contributed by atoms with Crippen molar-refractivity contribution in [3.05, 3.63) is 58.7 Å². The zero-order valence-corrected chi connectivity index (χ0v) is 15.9. The van der Waals surface area contributed by atoms with Gasteiger partial charge in [0, 0.05) is 5.92 Å². The van der Waals surface area contributed by atoms with E-state index >= 15 is 0 Å². The second-order valence-corrected chi connectivity index (χ2v) is 6.94. The quantitative estimate of drug-likeness (QED) is 0.560. The molecule has 2 rings (SSSR count). The lowest BCUT2D eigenvalue weighted by atomic mass is 9.86. The summed E-state index contributed by atoms with van der Waals surface area (Å²) in [6.45, 7) is 6.54. The predicted octanol–water partition coefficient (Wildman–Crippen LogP) is 6.32. The molecule has 25 heavy (non-hydrogen) atoms. The summed E-state index contributed by atoms with van der Waals surface area (Å²) in [6, 6.07) is 12.1. The van der Waals surface area contributed by atoms with Gasteiger partial charge < -0.3 is 10.2 Å². The number of phenols is 2. The maximum atomic E-state index is 10.1. The van der Waals surface area contributed by atoms with Gasteiger partial charge in [-0.2, -0.15) is 0 Å². The number of hydrogen-bond donors (Lipinski definition) is 2. The van der Waals surface area contributed by atoms with Gasteiger partial charge in [0.05, 0.1) is 0 Å². The minimum atomic E-state index is 0.293.